The van der Waals surface area contributed by atoms with E-state index < -0.39 is 0 Å². The molecule has 0 saturated carbocycles. The molecule has 2 aromatic carbocycles. The largest absolute Gasteiger partial charge is 0.309 e. The highest BCUT2D eigenvalue weighted by atomic mass is 15.0. The second-order valence-corrected chi connectivity index (χ2v) is 5.22. The van der Waals surface area contributed by atoms with Crippen molar-refractivity contribution in [3.05, 3.63) is 54.1 Å². The van der Waals surface area contributed by atoms with E-state index in [2.05, 4.69) is 61.5 Å². The molecule has 96 valence electrons. The van der Waals surface area contributed by atoms with E-state index in [0.717, 1.165) is 24.0 Å². The van der Waals surface area contributed by atoms with E-state index in [1.165, 1.54) is 16.3 Å². The molecule has 1 aromatic heterocycles. The van der Waals surface area contributed by atoms with E-state index in [1.807, 2.05) is 6.07 Å². The van der Waals surface area contributed by atoms with Gasteiger partial charge < -0.3 is 4.90 Å². The van der Waals surface area contributed by atoms with Gasteiger partial charge in [-0.25, -0.2) is 4.98 Å². The standard InChI is InChI=1S/C17H18N2/c1-19(2)11-10-13-7-5-9-17-15(13)12-14-6-3-4-8-16(14)18-17/h3-9,12H,10-11H2,1-2H3. The second-order valence-electron chi connectivity index (χ2n) is 5.22. The highest BCUT2D eigenvalue weighted by Crippen LogP contribution is 2.23. The Morgan fingerprint density at radius 2 is 1.74 bits per heavy atom. The van der Waals surface area contributed by atoms with Crippen LogP contribution in [0.4, 0.5) is 0 Å². The zero-order chi connectivity index (χ0) is 13.2. The molecule has 0 bridgehead atoms. The summed E-state index contributed by atoms with van der Waals surface area (Å²) in [6.45, 7) is 1.06. The van der Waals surface area contributed by atoms with Crippen molar-refractivity contribution in [2.75, 3.05) is 20.6 Å². The van der Waals surface area contributed by atoms with Crippen LogP contribution in [-0.4, -0.2) is 30.5 Å². The Morgan fingerprint density at radius 3 is 2.58 bits per heavy atom. The molecule has 0 aliphatic rings. The van der Waals surface area contributed by atoms with Crippen molar-refractivity contribution in [1.82, 2.24) is 9.88 Å². The van der Waals surface area contributed by atoms with E-state index in [4.69, 9.17) is 4.98 Å². The van der Waals surface area contributed by atoms with Gasteiger partial charge in [-0.1, -0.05) is 30.3 Å². The molecule has 0 aliphatic heterocycles. The average Bonchev–Trinajstić information content (AvgIpc) is 2.42. The molecule has 1 heterocycles. The van der Waals surface area contributed by atoms with Crippen molar-refractivity contribution in [1.29, 1.82) is 0 Å². The first kappa shape index (κ1) is 12.1. The van der Waals surface area contributed by atoms with Gasteiger partial charge in [-0.05, 0) is 44.3 Å². The van der Waals surface area contributed by atoms with Crippen LogP contribution in [0.5, 0.6) is 0 Å². The van der Waals surface area contributed by atoms with Gasteiger partial charge in [-0.15, -0.1) is 0 Å². The van der Waals surface area contributed by atoms with Gasteiger partial charge in [0.25, 0.3) is 0 Å². The molecule has 0 atom stereocenters. The number of hydrogen-bond donors (Lipinski definition) is 0. The molecule has 0 radical (unpaired) electrons. The molecule has 0 saturated heterocycles. The molecule has 19 heavy (non-hydrogen) atoms. The minimum absolute atomic E-state index is 1.06. The van der Waals surface area contributed by atoms with Gasteiger partial charge in [0.2, 0.25) is 0 Å². The normalized spacial score (nSPS) is 11.5. The van der Waals surface area contributed by atoms with Crippen molar-refractivity contribution in [2.24, 2.45) is 0 Å². The number of hydrogen-bond acceptors (Lipinski definition) is 2. The highest BCUT2D eigenvalue weighted by Gasteiger charge is 2.04. The summed E-state index contributed by atoms with van der Waals surface area (Å²) in [5.41, 5.74) is 3.54. The molecule has 2 nitrogen and oxygen atoms in total. The smallest absolute Gasteiger partial charge is 0.0712 e. The predicted molar refractivity (Wildman–Crippen MR) is 81.5 cm³/mol. The molecule has 2 heteroatoms. The fourth-order valence-corrected chi connectivity index (χ4v) is 2.42. The lowest BCUT2D eigenvalue weighted by Gasteiger charge is -2.11. The quantitative estimate of drug-likeness (QED) is 0.661. The fourth-order valence-electron chi connectivity index (χ4n) is 2.42. The molecule has 0 fully saturated rings. The van der Waals surface area contributed by atoms with Crippen molar-refractivity contribution >= 4 is 21.8 Å². The van der Waals surface area contributed by atoms with E-state index in [-0.39, 0.29) is 0 Å². The Morgan fingerprint density at radius 1 is 0.947 bits per heavy atom. The first-order valence-corrected chi connectivity index (χ1v) is 6.66. The minimum Gasteiger partial charge on any atom is -0.309 e. The van der Waals surface area contributed by atoms with Crippen LogP contribution in [0.25, 0.3) is 21.8 Å². The summed E-state index contributed by atoms with van der Waals surface area (Å²) in [4.78, 5) is 6.97. The third-order valence-electron chi connectivity index (χ3n) is 3.48. The van der Waals surface area contributed by atoms with E-state index in [1.54, 1.807) is 0 Å². The van der Waals surface area contributed by atoms with Crippen LogP contribution in [0.15, 0.2) is 48.5 Å². The third-order valence-corrected chi connectivity index (χ3v) is 3.48. The number of pyridine rings is 1. The van der Waals surface area contributed by atoms with E-state index >= 15 is 0 Å². The highest BCUT2D eigenvalue weighted by molar-refractivity contribution is 5.94. The van der Waals surface area contributed by atoms with Crippen molar-refractivity contribution < 1.29 is 0 Å². The maximum Gasteiger partial charge on any atom is 0.0712 e. The molecular weight excluding hydrogens is 232 g/mol. The maximum atomic E-state index is 4.75. The maximum absolute atomic E-state index is 4.75. The summed E-state index contributed by atoms with van der Waals surface area (Å²) in [5.74, 6) is 0. The first-order valence-electron chi connectivity index (χ1n) is 6.66. The molecule has 0 N–H and O–H groups in total. The molecule has 0 unspecified atom stereocenters. The van der Waals surface area contributed by atoms with Gasteiger partial charge in [0.15, 0.2) is 0 Å². The van der Waals surface area contributed by atoms with Crippen LogP contribution < -0.4 is 0 Å². The summed E-state index contributed by atoms with van der Waals surface area (Å²) in [7, 11) is 4.22. The Balaban J connectivity index is 2.15. The molecule has 0 aliphatic carbocycles. The van der Waals surface area contributed by atoms with Gasteiger partial charge in [0.05, 0.1) is 11.0 Å². The van der Waals surface area contributed by atoms with Crippen LogP contribution in [0.1, 0.15) is 5.56 Å². The van der Waals surface area contributed by atoms with Gasteiger partial charge in [-0.2, -0.15) is 0 Å². The minimum atomic E-state index is 1.06. The number of benzene rings is 2. The number of likely N-dealkylation sites (N-methyl/N-ethyl adjacent to an activating group) is 1. The zero-order valence-corrected chi connectivity index (χ0v) is 11.4. The van der Waals surface area contributed by atoms with Gasteiger partial charge in [0, 0.05) is 17.3 Å². The lowest BCUT2D eigenvalue weighted by Crippen LogP contribution is -2.15. The summed E-state index contributed by atoms with van der Waals surface area (Å²) in [5, 5.41) is 2.50. The number of fused-ring (bicyclic) bond motifs is 2. The topological polar surface area (TPSA) is 16.1 Å². The SMILES string of the molecule is CN(C)CCc1cccc2nc3ccccc3cc12. The lowest BCUT2D eigenvalue weighted by atomic mass is 10.0. The summed E-state index contributed by atoms with van der Waals surface area (Å²) < 4.78 is 0. The summed E-state index contributed by atoms with van der Waals surface area (Å²) in [6.07, 6.45) is 1.06. The summed E-state index contributed by atoms with van der Waals surface area (Å²) in [6, 6.07) is 17.0. The zero-order valence-electron chi connectivity index (χ0n) is 11.4. The van der Waals surface area contributed by atoms with Crippen LogP contribution in [-0.2, 0) is 6.42 Å². The van der Waals surface area contributed by atoms with E-state index in [0.29, 0.717) is 0 Å². The number of rotatable bonds is 3. The molecular formula is C17H18N2. The Labute approximate surface area is 113 Å². The molecule has 0 spiro atoms. The molecule has 3 rings (SSSR count). The Hall–Kier alpha value is -1.93. The lowest BCUT2D eigenvalue weighted by molar-refractivity contribution is 0.414. The van der Waals surface area contributed by atoms with Crippen molar-refractivity contribution in [2.45, 2.75) is 6.42 Å². The van der Waals surface area contributed by atoms with Crippen LogP contribution in [0.3, 0.4) is 0 Å². The second kappa shape index (κ2) is 4.98. The van der Waals surface area contributed by atoms with Crippen molar-refractivity contribution in [3.8, 4) is 0 Å². The number of para-hydroxylation sites is 1. The molecule has 0 amide bonds. The average molecular weight is 250 g/mol. The fraction of sp³-hybridized carbons (Fsp3) is 0.235. The first-order chi connectivity index (χ1) is 9.24. The van der Waals surface area contributed by atoms with Gasteiger partial charge in [0.1, 0.15) is 0 Å². The summed E-state index contributed by atoms with van der Waals surface area (Å²) >= 11 is 0. The monoisotopic (exact) mass is 250 g/mol. The van der Waals surface area contributed by atoms with Crippen molar-refractivity contribution in [3.63, 3.8) is 0 Å². The van der Waals surface area contributed by atoms with Crippen LogP contribution >= 0.6 is 0 Å². The van der Waals surface area contributed by atoms with Gasteiger partial charge in [-0.3, -0.25) is 0 Å². The predicted octanol–water partition coefficient (Wildman–Crippen LogP) is 3.49. The van der Waals surface area contributed by atoms with Gasteiger partial charge >= 0.3 is 0 Å². The number of nitrogens with zero attached hydrogens (tertiary/aromatic N) is 2. The Bertz CT molecular complexity index is 717. The van der Waals surface area contributed by atoms with Crippen LogP contribution in [0, 0.1) is 0 Å². The number of aromatic nitrogens is 1. The van der Waals surface area contributed by atoms with E-state index in [9.17, 15) is 0 Å². The van der Waals surface area contributed by atoms with Crippen LogP contribution in [0.2, 0.25) is 0 Å². The third kappa shape index (κ3) is 2.45. The Kier molecular flexibility index (Phi) is 3.18. The molecule has 3 aromatic rings.